The molecule has 0 unspecified atom stereocenters. The molecule has 0 atom stereocenters. The fourth-order valence-electron chi connectivity index (χ4n) is 1.84. The summed E-state index contributed by atoms with van der Waals surface area (Å²) >= 11 is 0. The molecule has 0 amide bonds. The lowest BCUT2D eigenvalue weighted by atomic mass is 10.2. The second-order valence-corrected chi connectivity index (χ2v) is 6.11. The van der Waals surface area contributed by atoms with Crippen LogP contribution < -0.4 is 15.8 Å². The third-order valence-corrected chi connectivity index (χ3v) is 4.44. The topological polar surface area (TPSA) is 84.2 Å². The summed E-state index contributed by atoms with van der Waals surface area (Å²) in [6, 6.07) is 14.2. The molecule has 0 radical (unpaired) electrons. The van der Waals surface area contributed by atoms with Gasteiger partial charge in [-0.25, -0.2) is 13.1 Å². The standard InChI is InChI=1S/C14H17N3O2S/c1-16-20(18,19)14-9-5-4-8-13(14)17-10-11-6-2-3-7-12(11)15/h2-9,16-17H,10,15H2,1H3. The van der Waals surface area contributed by atoms with E-state index in [1.165, 1.54) is 7.05 Å². The Balaban J connectivity index is 2.25. The number of hydrogen-bond acceptors (Lipinski definition) is 4. The molecule has 20 heavy (non-hydrogen) atoms. The molecule has 0 fully saturated rings. The molecule has 0 saturated carbocycles. The predicted octanol–water partition coefficient (Wildman–Crippen LogP) is 1.79. The maximum Gasteiger partial charge on any atom is 0.242 e. The summed E-state index contributed by atoms with van der Waals surface area (Å²) in [5.74, 6) is 0. The van der Waals surface area contributed by atoms with E-state index in [0.29, 0.717) is 17.9 Å². The number of hydrogen-bond donors (Lipinski definition) is 3. The van der Waals surface area contributed by atoms with E-state index in [0.717, 1.165) is 5.56 Å². The van der Waals surface area contributed by atoms with Gasteiger partial charge >= 0.3 is 0 Å². The molecule has 0 saturated heterocycles. The van der Waals surface area contributed by atoms with Crippen molar-refractivity contribution in [2.75, 3.05) is 18.1 Å². The third kappa shape index (κ3) is 3.09. The maximum atomic E-state index is 11.9. The lowest BCUT2D eigenvalue weighted by Crippen LogP contribution is -2.20. The molecule has 0 aromatic heterocycles. The maximum absolute atomic E-state index is 11.9. The lowest BCUT2D eigenvalue weighted by Gasteiger charge is -2.13. The van der Waals surface area contributed by atoms with E-state index < -0.39 is 10.0 Å². The monoisotopic (exact) mass is 291 g/mol. The Bertz CT molecular complexity index is 699. The number of nitrogens with two attached hydrogens (primary N) is 1. The van der Waals surface area contributed by atoms with Gasteiger partial charge in [0.25, 0.3) is 0 Å². The largest absolute Gasteiger partial charge is 0.398 e. The normalized spacial score (nSPS) is 11.2. The van der Waals surface area contributed by atoms with Crippen LogP contribution in [0, 0.1) is 0 Å². The van der Waals surface area contributed by atoms with Crippen molar-refractivity contribution in [2.24, 2.45) is 0 Å². The van der Waals surface area contributed by atoms with Gasteiger partial charge in [-0.2, -0.15) is 0 Å². The van der Waals surface area contributed by atoms with Gasteiger partial charge in [0.1, 0.15) is 4.90 Å². The van der Waals surface area contributed by atoms with Gasteiger partial charge in [-0.05, 0) is 30.8 Å². The summed E-state index contributed by atoms with van der Waals surface area (Å²) < 4.78 is 26.2. The van der Waals surface area contributed by atoms with Gasteiger partial charge < -0.3 is 11.1 Å². The molecule has 6 heteroatoms. The Morgan fingerprint density at radius 2 is 1.70 bits per heavy atom. The molecule has 0 heterocycles. The molecule has 0 aliphatic carbocycles. The van der Waals surface area contributed by atoms with Crippen LogP contribution in [0.15, 0.2) is 53.4 Å². The fourth-order valence-corrected chi connectivity index (χ4v) is 2.75. The average Bonchev–Trinajstić information content (AvgIpc) is 2.47. The smallest absolute Gasteiger partial charge is 0.242 e. The second-order valence-electron chi connectivity index (χ2n) is 4.26. The van der Waals surface area contributed by atoms with E-state index >= 15 is 0 Å². The first-order chi connectivity index (χ1) is 9.54. The minimum absolute atomic E-state index is 0.219. The van der Waals surface area contributed by atoms with E-state index in [2.05, 4.69) is 10.0 Å². The summed E-state index contributed by atoms with van der Waals surface area (Å²) in [5.41, 5.74) is 8.01. The van der Waals surface area contributed by atoms with Crippen LogP contribution in [-0.4, -0.2) is 15.5 Å². The van der Waals surface area contributed by atoms with Crippen LogP contribution in [0.4, 0.5) is 11.4 Å². The Morgan fingerprint density at radius 1 is 1.05 bits per heavy atom. The number of benzene rings is 2. The Hall–Kier alpha value is -2.05. The third-order valence-electron chi connectivity index (χ3n) is 2.97. The molecule has 2 aromatic rings. The van der Waals surface area contributed by atoms with E-state index in [1.54, 1.807) is 24.3 Å². The van der Waals surface area contributed by atoms with Gasteiger partial charge in [0.2, 0.25) is 10.0 Å². The van der Waals surface area contributed by atoms with E-state index in [-0.39, 0.29) is 4.90 Å². The summed E-state index contributed by atoms with van der Waals surface area (Å²) in [7, 11) is -2.10. The zero-order valence-corrected chi connectivity index (χ0v) is 11.9. The SMILES string of the molecule is CNS(=O)(=O)c1ccccc1NCc1ccccc1N. The minimum atomic E-state index is -3.49. The first kappa shape index (κ1) is 14.4. The van der Waals surface area contributed by atoms with E-state index in [1.807, 2.05) is 24.3 Å². The van der Waals surface area contributed by atoms with Gasteiger partial charge in [0.15, 0.2) is 0 Å². The van der Waals surface area contributed by atoms with Gasteiger partial charge in [-0.3, -0.25) is 0 Å². The average molecular weight is 291 g/mol. The van der Waals surface area contributed by atoms with Gasteiger partial charge in [0, 0.05) is 12.2 Å². The van der Waals surface area contributed by atoms with Crippen molar-refractivity contribution in [3.05, 3.63) is 54.1 Å². The van der Waals surface area contributed by atoms with Crippen molar-refractivity contribution >= 4 is 21.4 Å². The molecular weight excluding hydrogens is 274 g/mol. The van der Waals surface area contributed by atoms with Crippen molar-refractivity contribution < 1.29 is 8.42 Å². The molecule has 0 spiro atoms. The molecule has 0 aliphatic rings. The first-order valence-electron chi connectivity index (χ1n) is 6.14. The van der Waals surface area contributed by atoms with Crippen LogP contribution in [0.1, 0.15) is 5.56 Å². The molecule has 2 aromatic carbocycles. The van der Waals surface area contributed by atoms with Crippen LogP contribution in [0.5, 0.6) is 0 Å². The minimum Gasteiger partial charge on any atom is -0.398 e. The van der Waals surface area contributed by atoms with Crippen LogP contribution in [-0.2, 0) is 16.6 Å². The molecule has 0 bridgehead atoms. The molecule has 2 rings (SSSR count). The van der Waals surface area contributed by atoms with E-state index in [9.17, 15) is 8.42 Å². The lowest BCUT2D eigenvalue weighted by molar-refractivity contribution is 0.588. The van der Waals surface area contributed by atoms with Crippen molar-refractivity contribution in [2.45, 2.75) is 11.4 Å². The molecule has 0 aliphatic heterocycles. The predicted molar refractivity (Wildman–Crippen MR) is 80.9 cm³/mol. The highest BCUT2D eigenvalue weighted by atomic mass is 32.2. The van der Waals surface area contributed by atoms with Crippen molar-refractivity contribution in [3.8, 4) is 0 Å². The highest BCUT2D eigenvalue weighted by molar-refractivity contribution is 7.89. The number of anilines is 2. The van der Waals surface area contributed by atoms with Gasteiger partial charge in [-0.1, -0.05) is 30.3 Å². The zero-order chi connectivity index (χ0) is 14.6. The summed E-state index contributed by atoms with van der Waals surface area (Å²) in [4.78, 5) is 0.219. The van der Waals surface area contributed by atoms with Crippen molar-refractivity contribution in [3.63, 3.8) is 0 Å². The zero-order valence-electron chi connectivity index (χ0n) is 11.1. The van der Waals surface area contributed by atoms with E-state index in [4.69, 9.17) is 5.73 Å². The van der Waals surface area contributed by atoms with Crippen LogP contribution in [0.25, 0.3) is 0 Å². The Kier molecular flexibility index (Phi) is 4.26. The summed E-state index contributed by atoms with van der Waals surface area (Å²) in [6.07, 6.45) is 0. The number of rotatable bonds is 5. The fraction of sp³-hybridized carbons (Fsp3) is 0.143. The number of nitrogens with one attached hydrogen (secondary N) is 2. The highest BCUT2D eigenvalue weighted by Gasteiger charge is 2.15. The summed E-state index contributed by atoms with van der Waals surface area (Å²) in [6.45, 7) is 0.461. The molecule has 5 nitrogen and oxygen atoms in total. The first-order valence-corrected chi connectivity index (χ1v) is 7.63. The number of nitrogen functional groups attached to an aromatic ring is 1. The van der Waals surface area contributed by atoms with Crippen molar-refractivity contribution in [1.82, 2.24) is 4.72 Å². The molecule has 106 valence electrons. The van der Waals surface area contributed by atoms with Gasteiger partial charge in [-0.15, -0.1) is 0 Å². The van der Waals surface area contributed by atoms with Crippen LogP contribution in [0.2, 0.25) is 0 Å². The van der Waals surface area contributed by atoms with Crippen LogP contribution in [0.3, 0.4) is 0 Å². The Labute approximate surface area is 118 Å². The van der Waals surface area contributed by atoms with Crippen molar-refractivity contribution in [1.29, 1.82) is 0 Å². The molecular formula is C14H17N3O2S. The highest BCUT2D eigenvalue weighted by Crippen LogP contribution is 2.22. The number of sulfonamides is 1. The second kappa shape index (κ2) is 5.94. The van der Waals surface area contributed by atoms with Crippen LogP contribution >= 0.6 is 0 Å². The summed E-state index contributed by atoms with van der Waals surface area (Å²) in [5, 5.41) is 3.11. The Morgan fingerprint density at radius 3 is 2.40 bits per heavy atom. The molecule has 4 N–H and O–H groups in total. The quantitative estimate of drug-likeness (QED) is 0.733. The number of para-hydroxylation sites is 2. The van der Waals surface area contributed by atoms with Gasteiger partial charge in [0.05, 0.1) is 5.69 Å².